The highest BCUT2D eigenvalue weighted by Gasteiger charge is 2.34. The standard InChI is InChI=1S/C27H31F4N5O3Si/c1-40(2,3)15-14-37-16-35-22(20-21(23(28)29)34-36-12-4-5-13-38-26(20)36)19(17-8-6-10-32-24(17)35)18-9-7-11-33-25(18)39-27(30)31/h6-11,23,27H,4-5,12-16H2,1-3H3. The van der Waals surface area contributed by atoms with Gasteiger partial charge in [0.15, 0.2) is 0 Å². The second kappa shape index (κ2) is 11.6. The van der Waals surface area contributed by atoms with Crippen molar-refractivity contribution in [2.45, 2.75) is 64.8 Å². The van der Waals surface area contributed by atoms with Gasteiger partial charge in [-0.2, -0.15) is 13.9 Å². The summed E-state index contributed by atoms with van der Waals surface area (Å²) in [7, 11) is -1.41. The van der Waals surface area contributed by atoms with Crippen molar-refractivity contribution in [3.05, 3.63) is 42.4 Å². The van der Waals surface area contributed by atoms with E-state index in [1.165, 1.54) is 10.9 Å². The molecule has 0 radical (unpaired) electrons. The summed E-state index contributed by atoms with van der Waals surface area (Å²) >= 11 is 0. The third-order valence-electron chi connectivity index (χ3n) is 6.66. The molecule has 4 aromatic rings. The van der Waals surface area contributed by atoms with Crippen LogP contribution in [0.4, 0.5) is 17.6 Å². The predicted molar refractivity (Wildman–Crippen MR) is 145 cm³/mol. The van der Waals surface area contributed by atoms with Crippen LogP contribution in [-0.4, -0.2) is 52.2 Å². The molecule has 5 heterocycles. The van der Waals surface area contributed by atoms with Crippen molar-refractivity contribution in [2.24, 2.45) is 0 Å². The topological polar surface area (TPSA) is 76.2 Å². The molecule has 4 aromatic heterocycles. The summed E-state index contributed by atoms with van der Waals surface area (Å²) in [6.07, 6.45) is 1.43. The van der Waals surface area contributed by atoms with E-state index < -0.39 is 26.8 Å². The minimum atomic E-state index is -3.14. The third kappa shape index (κ3) is 5.71. The zero-order chi connectivity index (χ0) is 28.4. The molecule has 1 aliphatic heterocycles. The number of alkyl halides is 4. The number of hydrogen-bond acceptors (Lipinski definition) is 6. The second-order valence-corrected chi connectivity index (χ2v) is 16.4. The van der Waals surface area contributed by atoms with Gasteiger partial charge >= 0.3 is 6.61 Å². The van der Waals surface area contributed by atoms with Crippen molar-refractivity contribution in [3.8, 4) is 34.1 Å². The van der Waals surface area contributed by atoms with Crippen molar-refractivity contribution >= 4 is 19.1 Å². The number of fused-ring (bicyclic) bond motifs is 2. The Balaban J connectivity index is 1.80. The monoisotopic (exact) mass is 577 g/mol. The van der Waals surface area contributed by atoms with E-state index in [0.717, 1.165) is 12.5 Å². The lowest BCUT2D eigenvalue weighted by atomic mass is 9.99. The number of halogens is 4. The molecule has 0 fully saturated rings. The number of hydrogen-bond donors (Lipinski definition) is 0. The van der Waals surface area contributed by atoms with Crippen LogP contribution in [-0.2, 0) is 18.0 Å². The lowest BCUT2D eigenvalue weighted by Gasteiger charge is -2.18. The minimum absolute atomic E-state index is 0.00801. The summed E-state index contributed by atoms with van der Waals surface area (Å²) in [4.78, 5) is 8.59. The van der Waals surface area contributed by atoms with Crippen LogP contribution in [0.5, 0.6) is 11.8 Å². The molecule has 0 bridgehead atoms. The fraction of sp³-hybridized carbons (Fsp3) is 0.444. The molecule has 0 unspecified atom stereocenters. The zero-order valence-corrected chi connectivity index (χ0v) is 23.5. The first kappa shape index (κ1) is 28.1. The molecule has 0 amide bonds. The van der Waals surface area contributed by atoms with Crippen LogP contribution in [0.1, 0.15) is 25.0 Å². The highest BCUT2D eigenvalue weighted by atomic mass is 28.3. The predicted octanol–water partition coefficient (Wildman–Crippen LogP) is 6.99. The summed E-state index contributed by atoms with van der Waals surface area (Å²) < 4.78 is 76.0. The highest BCUT2D eigenvalue weighted by Crippen LogP contribution is 2.49. The number of aryl methyl sites for hydroxylation is 1. The van der Waals surface area contributed by atoms with Crippen molar-refractivity contribution in [1.29, 1.82) is 0 Å². The average molecular weight is 578 g/mol. The SMILES string of the molecule is C[Si](C)(C)CCOCn1c(-c2c(C(F)F)nn3c2OCCCC3)c(-c2cccnc2OC(F)F)c2cccnc21. The van der Waals surface area contributed by atoms with Gasteiger partial charge < -0.3 is 18.8 Å². The maximum absolute atomic E-state index is 14.6. The van der Waals surface area contributed by atoms with Gasteiger partial charge in [0, 0.05) is 50.1 Å². The molecule has 40 heavy (non-hydrogen) atoms. The Morgan fingerprint density at radius 1 is 1.02 bits per heavy atom. The Morgan fingerprint density at radius 2 is 1.80 bits per heavy atom. The number of ether oxygens (including phenoxy) is 3. The molecule has 0 N–H and O–H groups in total. The molecule has 13 heteroatoms. The van der Waals surface area contributed by atoms with Crippen molar-refractivity contribution < 1.29 is 31.8 Å². The molecular formula is C27H31F4N5O3Si. The van der Waals surface area contributed by atoms with Crippen LogP contribution in [0.3, 0.4) is 0 Å². The van der Waals surface area contributed by atoms with Gasteiger partial charge in [-0.05, 0) is 43.2 Å². The molecule has 0 atom stereocenters. The van der Waals surface area contributed by atoms with E-state index in [4.69, 9.17) is 14.2 Å². The van der Waals surface area contributed by atoms with Gasteiger partial charge in [0.25, 0.3) is 6.43 Å². The molecule has 0 spiro atoms. The first-order valence-corrected chi connectivity index (χ1v) is 16.8. The number of pyridine rings is 2. The van der Waals surface area contributed by atoms with E-state index >= 15 is 0 Å². The van der Waals surface area contributed by atoms with E-state index in [9.17, 15) is 17.6 Å². The first-order chi connectivity index (χ1) is 19.2. The van der Waals surface area contributed by atoms with Gasteiger partial charge in [-0.25, -0.2) is 23.4 Å². The summed E-state index contributed by atoms with van der Waals surface area (Å²) in [5.74, 6) is -0.139. The van der Waals surface area contributed by atoms with Crippen molar-refractivity contribution in [1.82, 2.24) is 24.3 Å². The summed E-state index contributed by atoms with van der Waals surface area (Å²) in [5, 5.41) is 4.77. The Labute approximate surface area is 229 Å². The van der Waals surface area contributed by atoms with E-state index in [2.05, 4.69) is 34.7 Å². The zero-order valence-electron chi connectivity index (χ0n) is 22.5. The average Bonchev–Trinajstić information content (AvgIpc) is 3.31. The van der Waals surface area contributed by atoms with Crippen LogP contribution in [0.25, 0.3) is 33.4 Å². The molecule has 0 aliphatic carbocycles. The van der Waals surface area contributed by atoms with Crippen molar-refractivity contribution in [2.75, 3.05) is 13.2 Å². The molecule has 0 aromatic carbocycles. The maximum atomic E-state index is 14.6. The van der Waals surface area contributed by atoms with E-state index in [-0.39, 0.29) is 35.3 Å². The van der Waals surface area contributed by atoms with Gasteiger partial charge in [0.2, 0.25) is 11.8 Å². The van der Waals surface area contributed by atoms with Gasteiger partial charge in [-0.3, -0.25) is 0 Å². The molecule has 0 saturated heterocycles. The van der Waals surface area contributed by atoms with Gasteiger partial charge in [0.05, 0.1) is 17.9 Å². The van der Waals surface area contributed by atoms with Crippen LogP contribution in [0.15, 0.2) is 36.7 Å². The molecule has 5 rings (SSSR count). The largest absolute Gasteiger partial charge is 0.477 e. The number of aromatic nitrogens is 5. The van der Waals surface area contributed by atoms with Crippen LogP contribution in [0.2, 0.25) is 25.7 Å². The Bertz CT molecular complexity index is 1490. The highest BCUT2D eigenvalue weighted by molar-refractivity contribution is 6.76. The lowest BCUT2D eigenvalue weighted by molar-refractivity contribution is -0.0524. The van der Waals surface area contributed by atoms with Gasteiger partial charge in [-0.1, -0.05) is 19.6 Å². The van der Waals surface area contributed by atoms with Crippen LogP contribution in [0, 0.1) is 0 Å². The van der Waals surface area contributed by atoms with Crippen LogP contribution >= 0.6 is 0 Å². The Morgan fingerprint density at radius 3 is 2.55 bits per heavy atom. The molecule has 0 saturated carbocycles. The summed E-state index contributed by atoms with van der Waals surface area (Å²) in [6, 6.07) is 7.48. The maximum Gasteiger partial charge on any atom is 0.388 e. The molecule has 8 nitrogen and oxygen atoms in total. The third-order valence-corrected chi connectivity index (χ3v) is 8.36. The van der Waals surface area contributed by atoms with E-state index in [0.29, 0.717) is 42.8 Å². The molecular weight excluding hydrogens is 546 g/mol. The number of nitrogens with zero attached hydrogens (tertiary/aromatic N) is 5. The minimum Gasteiger partial charge on any atom is -0.477 e. The lowest BCUT2D eigenvalue weighted by Crippen LogP contribution is -2.22. The summed E-state index contributed by atoms with van der Waals surface area (Å²) in [5.41, 5.74) is 0.861. The normalized spacial score (nSPS) is 14.0. The fourth-order valence-corrected chi connectivity index (χ4v) is 5.55. The Kier molecular flexibility index (Phi) is 8.13. The van der Waals surface area contributed by atoms with Gasteiger partial charge in [0.1, 0.15) is 18.1 Å². The molecule has 214 valence electrons. The van der Waals surface area contributed by atoms with Crippen molar-refractivity contribution in [3.63, 3.8) is 0 Å². The smallest absolute Gasteiger partial charge is 0.388 e. The second-order valence-electron chi connectivity index (χ2n) is 10.8. The summed E-state index contributed by atoms with van der Waals surface area (Å²) in [6.45, 7) is 4.74. The first-order valence-electron chi connectivity index (χ1n) is 13.1. The van der Waals surface area contributed by atoms with Crippen LogP contribution < -0.4 is 9.47 Å². The van der Waals surface area contributed by atoms with E-state index in [1.54, 1.807) is 35.0 Å². The molecule has 1 aliphatic rings. The quantitative estimate of drug-likeness (QED) is 0.115. The fourth-order valence-electron chi connectivity index (χ4n) is 4.80. The van der Waals surface area contributed by atoms with E-state index in [1.807, 2.05) is 0 Å². The Hall–Kier alpha value is -3.45. The van der Waals surface area contributed by atoms with Gasteiger partial charge in [-0.15, -0.1) is 0 Å². The number of rotatable bonds is 10.